The van der Waals surface area contributed by atoms with Gasteiger partial charge in [-0.25, -0.2) is 9.59 Å². The number of halogens is 1. The molecule has 2 fully saturated rings. The molecule has 12 nitrogen and oxygen atoms in total. The van der Waals surface area contributed by atoms with E-state index in [9.17, 15) is 29.1 Å². The molecule has 3 amide bonds. The maximum absolute atomic E-state index is 14.1. The van der Waals surface area contributed by atoms with Crippen molar-refractivity contribution < 1.29 is 43.3 Å². The van der Waals surface area contributed by atoms with E-state index in [0.29, 0.717) is 29.6 Å². The highest BCUT2D eigenvalue weighted by Gasteiger charge is 2.64. The van der Waals surface area contributed by atoms with E-state index in [0.717, 1.165) is 16.7 Å². The minimum Gasteiger partial charge on any atom is -0.457 e. The van der Waals surface area contributed by atoms with Crippen molar-refractivity contribution >= 4 is 49.5 Å². The van der Waals surface area contributed by atoms with Crippen LogP contribution in [0.4, 0.5) is 10.5 Å². The van der Waals surface area contributed by atoms with Crippen LogP contribution >= 0.6 is 11.6 Å². The van der Waals surface area contributed by atoms with Gasteiger partial charge in [-0.2, -0.15) is 0 Å². The third kappa shape index (κ3) is 9.65. The number of carbonyl (C=O) groups is 4. The number of rotatable bonds is 7. The number of fused-ring (bicyclic) bond motifs is 5. The third-order valence-corrected chi connectivity index (χ3v) is 12.9. The molecule has 0 aliphatic carbocycles. The van der Waals surface area contributed by atoms with Crippen LogP contribution in [0.5, 0.6) is 0 Å². The smallest absolute Gasteiger partial charge is 0.409 e. The van der Waals surface area contributed by atoms with Gasteiger partial charge in [0.15, 0.2) is 8.32 Å². The SMILES string of the molecule is C/C1=C\C=C\[C@@H](C)[C@@]2(O)C[C@H](OC(=O)N2)[C@@H](C)[C@@H]2O[C@]2(C)[C@@H](OC(=O)[C@H](C)N(C)C(=O)CCC[Si](C)(C)O)CC(=O)N(C)c2cc(cc(C)c2Cl)C1. The summed E-state index contributed by atoms with van der Waals surface area (Å²) in [6.45, 7) is 14.4. The molecule has 3 heterocycles. The molecule has 4 rings (SSSR count). The Hall–Kier alpha value is -3.23. The minimum absolute atomic E-state index is 0.0691. The van der Waals surface area contributed by atoms with Gasteiger partial charge in [0, 0.05) is 38.8 Å². The average molecular weight is 762 g/mol. The van der Waals surface area contributed by atoms with E-state index in [1.807, 2.05) is 71.1 Å². The second kappa shape index (κ2) is 16.0. The molecule has 0 saturated carbocycles. The topological polar surface area (TPSA) is 158 Å². The third-order valence-electron chi connectivity index (χ3n) is 10.8. The number of carbonyl (C=O) groups excluding carboxylic acids is 4. The fourth-order valence-electron chi connectivity index (χ4n) is 7.01. The normalized spacial score (nSPS) is 32.0. The van der Waals surface area contributed by atoms with Crippen molar-refractivity contribution in [3.05, 3.63) is 52.1 Å². The fourth-order valence-corrected chi connectivity index (χ4v) is 8.29. The molecule has 0 unspecified atom stereocenters. The number of alkyl carbamates (subject to hydrolysis) is 1. The Kier molecular flexibility index (Phi) is 12.8. The zero-order valence-corrected chi connectivity index (χ0v) is 33.9. The van der Waals surface area contributed by atoms with Crippen LogP contribution in [0.25, 0.3) is 0 Å². The summed E-state index contributed by atoms with van der Waals surface area (Å²) in [5, 5.41) is 14.7. The van der Waals surface area contributed by atoms with Gasteiger partial charge in [-0.1, -0.05) is 55.3 Å². The van der Waals surface area contributed by atoms with Gasteiger partial charge in [-0.05, 0) is 76.9 Å². The first-order valence-corrected chi connectivity index (χ1v) is 21.6. The van der Waals surface area contributed by atoms with E-state index >= 15 is 0 Å². The number of anilines is 1. The summed E-state index contributed by atoms with van der Waals surface area (Å²) >= 11 is 6.77. The number of epoxide rings is 1. The predicted molar refractivity (Wildman–Crippen MR) is 201 cm³/mol. The van der Waals surface area contributed by atoms with Crippen molar-refractivity contribution in [2.75, 3.05) is 19.0 Å². The van der Waals surface area contributed by atoms with Crippen LogP contribution in [0.1, 0.15) is 71.4 Å². The molecule has 3 N–H and O–H groups in total. The number of likely N-dealkylation sites (N-methyl/N-ethyl adjacent to an activating group) is 1. The van der Waals surface area contributed by atoms with Gasteiger partial charge in [0.1, 0.15) is 29.6 Å². The van der Waals surface area contributed by atoms with Crippen molar-refractivity contribution in [3.63, 3.8) is 0 Å². The molecule has 4 bridgehead atoms. The number of esters is 1. The lowest BCUT2D eigenvalue weighted by atomic mass is 9.82. The zero-order valence-electron chi connectivity index (χ0n) is 32.1. The van der Waals surface area contributed by atoms with Crippen LogP contribution in [0, 0.1) is 18.8 Å². The Labute approximate surface area is 313 Å². The molecule has 3 aliphatic heterocycles. The minimum atomic E-state index is -2.33. The number of amides is 3. The Balaban J connectivity index is 1.68. The van der Waals surface area contributed by atoms with Crippen molar-refractivity contribution in [1.82, 2.24) is 10.2 Å². The molecule has 8 atom stereocenters. The number of hydrogen-bond acceptors (Lipinski definition) is 9. The second-order valence-electron chi connectivity index (χ2n) is 15.8. The number of hydrogen-bond donors (Lipinski definition) is 3. The highest BCUT2D eigenvalue weighted by Crippen LogP contribution is 2.49. The van der Waals surface area contributed by atoms with Crippen LogP contribution in [-0.4, -0.2) is 96.8 Å². The van der Waals surface area contributed by atoms with E-state index in [1.54, 1.807) is 20.9 Å². The van der Waals surface area contributed by atoms with E-state index in [1.165, 1.54) is 16.8 Å². The Morgan fingerprint density at radius 1 is 1.23 bits per heavy atom. The lowest BCUT2D eigenvalue weighted by molar-refractivity contribution is -0.162. The second-order valence-corrected chi connectivity index (χ2v) is 20.3. The molecule has 0 radical (unpaired) electrons. The molecule has 3 aliphatic rings. The first-order valence-electron chi connectivity index (χ1n) is 18.0. The van der Waals surface area contributed by atoms with Crippen molar-refractivity contribution in [1.29, 1.82) is 0 Å². The number of allylic oxidation sites excluding steroid dienone is 3. The van der Waals surface area contributed by atoms with Gasteiger partial charge < -0.3 is 33.9 Å². The van der Waals surface area contributed by atoms with Gasteiger partial charge in [0.25, 0.3) is 0 Å². The van der Waals surface area contributed by atoms with Crippen molar-refractivity contribution in [2.45, 2.75) is 128 Å². The molecule has 288 valence electrons. The molecule has 1 aromatic rings. The van der Waals surface area contributed by atoms with E-state index in [2.05, 4.69) is 5.32 Å². The van der Waals surface area contributed by atoms with Gasteiger partial charge in [0.05, 0.1) is 23.2 Å². The fraction of sp³-hybridized carbons (Fsp3) is 0.632. The van der Waals surface area contributed by atoms with E-state index < -0.39 is 67.9 Å². The number of aliphatic hydroxyl groups is 1. The lowest BCUT2D eigenvalue weighted by Crippen LogP contribution is -2.60. The predicted octanol–water partition coefficient (Wildman–Crippen LogP) is 5.41. The van der Waals surface area contributed by atoms with Crippen molar-refractivity contribution in [2.24, 2.45) is 11.8 Å². The highest BCUT2D eigenvalue weighted by atomic mass is 35.5. The molecule has 14 heteroatoms. The highest BCUT2D eigenvalue weighted by molar-refractivity contribution is 6.69. The van der Waals surface area contributed by atoms with Crippen LogP contribution in [0.2, 0.25) is 24.2 Å². The quantitative estimate of drug-likeness (QED) is 0.188. The summed E-state index contributed by atoms with van der Waals surface area (Å²) in [4.78, 5) is 66.5. The molecule has 1 aromatic carbocycles. The van der Waals surface area contributed by atoms with Crippen LogP contribution < -0.4 is 10.2 Å². The first-order chi connectivity index (χ1) is 24.1. The van der Waals surface area contributed by atoms with Crippen molar-refractivity contribution in [3.8, 4) is 0 Å². The molecular formula is C38H56ClN3O9Si. The summed E-state index contributed by atoms with van der Waals surface area (Å²) in [5.41, 5.74) is 0.486. The number of ether oxygens (including phenoxy) is 3. The molecule has 52 heavy (non-hydrogen) atoms. The monoisotopic (exact) mass is 761 g/mol. The standard InChI is InChI=1S/C38H56ClN3O9Si/c1-22-13-11-14-24(3)38(47)21-29(49-36(46)40-38)25(4)34-37(6,51-34)30(20-32(44)42(8)28-19-27(17-22)18-23(2)33(28)39)50-35(45)26(5)41(7)31(43)15-12-16-52(9,10)48/h11,13-14,18-19,24-26,29-30,34,47-48H,12,15-17,20-21H2,1-10H3,(H,40,46)/b14-11+,22-13+/t24-,25-,26+,29+,30+,34+,37-,38+/m1/s1. The maximum Gasteiger partial charge on any atom is 0.409 e. The summed E-state index contributed by atoms with van der Waals surface area (Å²) < 4.78 is 18.0. The Bertz CT molecular complexity index is 1610. The van der Waals surface area contributed by atoms with Gasteiger partial charge in [-0.15, -0.1) is 0 Å². The first kappa shape index (κ1) is 41.5. The van der Waals surface area contributed by atoms with Gasteiger partial charge in [-0.3, -0.25) is 14.9 Å². The summed E-state index contributed by atoms with van der Waals surface area (Å²) in [7, 11) is 0.822. The number of nitrogens with zero attached hydrogens (tertiary/aromatic N) is 2. The van der Waals surface area contributed by atoms with Crippen LogP contribution in [0.15, 0.2) is 35.9 Å². The zero-order chi connectivity index (χ0) is 38.9. The van der Waals surface area contributed by atoms with Gasteiger partial charge in [0.2, 0.25) is 11.8 Å². The van der Waals surface area contributed by atoms with E-state index in [-0.39, 0.29) is 31.1 Å². The van der Waals surface area contributed by atoms with Crippen LogP contribution in [-0.2, 0) is 35.0 Å². The average Bonchev–Trinajstić information content (AvgIpc) is 3.75. The van der Waals surface area contributed by atoms with Gasteiger partial charge >= 0.3 is 12.1 Å². The van der Waals surface area contributed by atoms with Crippen LogP contribution in [0.3, 0.4) is 0 Å². The molecule has 0 spiro atoms. The summed E-state index contributed by atoms with van der Waals surface area (Å²) in [5.74, 6) is -2.30. The summed E-state index contributed by atoms with van der Waals surface area (Å²) in [6, 6.07) is 3.42. The Morgan fingerprint density at radius 3 is 2.56 bits per heavy atom. The largest absolute Gasteiger partial charge is 0.457 e. The number of aryl methyl sites for hydroxylation is 1. The molecular weight excluding hydrogens is 706 g/mol. The summed E-state index contributed by atoms with van der Waals surface area (Å²) in [6.07, 6.45) is 3.45. The van der Waals surface area contributed by atoms with E-state index in [4.69, 9.17) is 25.8 Å². The maximum atomic E-state index is 14.1. The molecule has 0 aromatic heterocycles. The number of nitrogens with one attached hydrogen (secondary N) is 1. The number of benzene rings is 1. The lowest BCUT2D eigenvalue weighted by Gasteiger charge is -2.41. The Morgan fingerprint density at radius 2 is 1.90 bits per heavy atom. The molecule has 2 saturated heterocycles.